The topological polar surface area (TPSA) is 101 Å². The summed E-state index contributed by atoms with van der Waals surface area (Å²) in [5.41, 5.74) is -0.428. The van der Waals surface area contributed by atoms with Gasteiger partial charge < -0.3 is 10.0 Å². The van der Waals surface area contributed by atoms with E-state index in [2.05, 4.69) is 0 Å². The summed E-state index contributed by atoms with van der Waals surface area (Å²) in [5.74, 6) is -0.222. The van der Waals surface area contributed by atoms with Crippen LogP contribution in [0.2, 0.25) is 0 Å². The van der Waals surface area contributed by atoms with Crippen LogP contribution in [0.5, 0.6) is 0 Å². The number of carbonyl (C=O) groups excluding carboxylic acids is 1. The first kappa shape index (κ1) is 13.4. The SMILES string of the molecule is CC(C)(CO)CN1CC(S(N)(=O)=O)CC1=O. The van der Waals surface area contributed by atoms with E-state index in [1.165, 1.54) is 4.90 Å². The maximum atomic E-state index is 11.5. The highest BCUT2D eigenvalue weighted by atomic mass is 32.2. The van der Waals surface area contributed by atoms with Crippen LogP contribution in [-0.2, 0) is 14.8 Å². The van der Waals surface area contributed by atoms with Crippen molar-refractivity contribution in [3.05, 3.63) is 0 Å². The highest BCUT2D eigenvalue weighted by Gasteiger charge is 2.38. The van der Waals surface area contributed by atoms with Crippen molar-refractivity contribution in [1.82, 2.24) is 4.90 Å². The summed E-state index contributed by atoms with van der Waals surface area (Å²) in [7, 11) is -3.66. The number of carbonyl (C=O) groups is 1. The van der Waals surface area contributed by atoms with E-state index >= 15 is 0 Å². The number of amides is 1. The van der Waals surface area contributed by atoms with Crippen LogP contribution in [0.3, 0.4) is 0 Å². The molecule has 1 heterocycles. The number of rotatable bonds is 4. The van der Waals surface area contributed by atoms with Crippen LogP contribution >= 0.6 is 0 Å². The molecule has 0 aromatic carbocycles. The Morgan fingerprint density at radius 1 is 1.56 bits per heavy atom. The standard InChI is InChI=1S/C9H18N2O4S/c1-9(2,6-12)5-11-4-7(3-8(11)13)16(10,14)15/h7,12H,3-6H2,1-2H3,(H2,10,14,15). The van der Waals surface area contributed by atoms with Gasteiger partial charge in [-0.05, 0) is 0 Å². The average molecular weight is 250 g/mol. The summed E-state index contributed by atoms with van der Waals surface area (Å²) in [6, 6.07) is 0. The minimum Gasteiger partial charge on any atom is -0.396 e. The van der Waals surface area contributed by atoms with E-state index < -0.39 is 20.7 Å². The van der Waals surface area contributed by atoms with E-state index in [0.29, 0.717) is 6.54 Å². The molecule has 0 spiro atoms. The van der Waals surface area contributed by atoms with Gasteiger partial charge in [-0.2, -0.15) is 0 Å². The van der Waals surface area contributed by atoms with Crippen LogP contribution in [0.1, 0.15) is 20.3 Å². The second kappa shape index (κ2) is 4.31. The third-order valence-corrected chi connectivity index (χ3v) is 3.94. The fourth-order valence-corrected chi connectivity index (χ4v) is 2.44. The molecular weight excluding hydrogens is 232 g/mol. The number of hydrogen-bond donors (Lipinski definition) is 2. The van der Waals surface area contributed by atoms with Gasteiger partial charge in [0.25, 0.3) is 0 Å². The van der Waals surface area contributed by atoms with Crippen molar-refractivity contribution in [1.29, 1.82) is 0 Å². The van der Waals surface area contributed by atoms with Crippen molar-refractivity contribution in [2.45, 2.75) is 25.5 Å². The van der Waals surface area contributed by atoms with Crippen molar-refractivity contribution in [2.75, 3.05) is 19.7 Å². The van der Waals surface area contributed by atoms with E-state index in [-0.39, 0.29) is 25.5 Å². The van der Waals surface area contributed by atoms with Gasteiger partial charge in [0.1, 0.15) is 5.25 Å². The van der Waals surface area contributed by atoms with Gasteiger partial charge in [0, 0.05) is 31.5 Å². The lowest BCUT2D eigenvalue weighted by atomic mass is 9.94. The van der Waals surface area contributed by atoms with Crippen molar-refractivity contribution in [3.63, 3.8) is 0 Å². The number of aliphatic hydroxyl groups excluding tert-OH is 1. The Bertz CT molecular complexity index is 377. The molecule has 0 radical (unpaired) electrons. The predicted molar refractivity (Wildman–Crippen MR) is 59.0 cm³/mol. The summed E-state index contributed by atoms with van der Waals surface area (Å²) in [4.78, 5) is 13.0. The molecule has 94 valence electrons. The average Bonchev–Trinajstić information content (AvgIpc) is 2.47. The number of hydrogen-bond acceptors (Lipinski definition) is 4. The zero-order valence-corrected chi connectivity index (χ0v) is 10.3. The molecular formula is C9H18N2O4S. The predicted octanol–water partition coefficient (Wildman–Crippen LogP) is -1.11. The first-order chi connectivity index (χ1) is 7.15. The largest absolute Gasteiger partial charge is 0.396 e. The summed E-state index contributed by atoms with van der Waals surface area (Å²) >= 11 is 0. The van der Waals surface area contributed by atoms with Crippen molar-refractivity contribution < 1.29 is 18.3 Å². The summed E-state index contributed by atoms with van der Waals surface area (Å²) in [5, 5.41) is 13.3. The van der Waals surface area contributed by atoms with Crippen LogP contribution in [0.15, 0.2) is 0 Å². The fraction of sp³-hybridized carbons (Fsp3) is 0.889. The second-order valence-electron chi connectivity index (χ2n) is 5.01. The van der Waals surface area contributed by atoms with Crippen LogP contribution in [0, 0.1) is 5.41 Å². The Balaban J connectivity index is 2.70. The minimum absolute atomic E-state index is 0.0552. The molecule has 0 aromatic heterocycles. The van der Waals surface area contributed by atoms with Crippen molar-refractivity contribution in [2.24, 2.45) is 10.6 Å². The molecule has 0 saturated carbocycles. The van der Waals surface area contributed by atoms with E-state index in [1.807, 2.05) is 13.8 Å². The first-order valence-electron chi connectivity index (χ1n) is 5.06. The highest BCUT2D eigenvalue weighted by molar-refractivity contribution is 7.89. The third-order valence-electron chi connectivity index (χ3n) is 2.69. The zero-order chi connectivity index (χ0) is 12.6. The maximum Gasteiger partial charge on any atom is 0.224 e. The lowest BCUT2D eigenvalue weighted by Crippen LogP contribution is -2.39. The second-order valence-corrected chi connectivity index (χ2v) is 6.86. The smallest absolute Gasteiger partial charge is 0.224 e. The van der Waals surface area contributed by atoms with E-state index in [0.717, 1.165) is 0 Å². The van der Waals surface area contributed by atoms with Gasteiger partial charge in [-0.25, -0.2) is 13.6 Å². The third kappa shape index (κ3) is 3.16. The maximum absolute atomic E-state index is 11.5. The molecule has 1 atom stereocenters. The number of nitrogens with two attached hydrogens (primary N) is 1. The van der Waals surface area contributed by atoms with Crippen LogP contribution in [0.25, 0.3) is 0 Å². The van der Waals surface area contributed by atoms with Gasteiger partial charge in [0.05, 0.1) is 0 Å². The van der Waals surface area contributed by atoms with Gasteiger partial charge in [-0.15, -0.1) is 0 Å². The zero-order valence-electron chi connectivity index (χ0n) is 9.51. The Morgan fingerprint density at radius 3 is 2.50 bits per heavy atom. The molecule has 16 heavy (non-hydrogen) atoms. The van der Waals surface area contributed by atoms with E-state index in [1.54, 1.807) is 0 Å². The highest BCUT2D eigenvalue weighted by Crippen LogP contribution is 2.22. The molecule has 1 fully saturated rings. The van der Waals surface area contributed by atoms with Crippen LogP contribution < -0.4 is 5.14 Å². The molecule has 0 aromatic rings. The van der Waals surface area contributed by atoms with E-state index in [9.17, 15) is 13.2 Å². The lowest BCUT2D eigenvalue weighted by molar-refractivity contribution is -0.129. The Labute approximate surface area is 95.5 Å². The molecule has 1 unspecified atom stereocenters. The van der Waals surface area contributed by atoms with Crippen LogP contribution in [-0.4, -0.2) is 49.3 Å². The van der Waals surface area contributed by atoms with Gasteiger partial charge in [-0.1, -0.05) is 13.8 Å². The number of likely N-dealkylation sites (tertiary alicyclic amines) is 1. The van der Waals surface area contributed by atoms with Gasteiger partial charge in [0.2, 0.25) is 15.9 Å². The Kier molecular flexibility index (Phi) is 3.61. The Morgan fingerprint density at radius 2 is 2.12 bits per heavy atom. The van der Waals surface area contributed by atoms with Crippen molar-refractivity contribution in [3.8, 4) is 0 Å². The summed E-state index contributed by atoms with van der Waals surface area (Å²) in [6.45, 7) is 4.03. The van der Waals surface area contributed by atoms with Gasteiger partial charge in [-0.3, -0.25) is 4.79 Å². The molecule has 1 rings (SSSR count). The molecule has 1 amide bonds. The lowest BCUT2D eigenvalue weighted by Gasteiger charge is -2.28. The molecule has 6 nitrogen and oxygen atoms in total. The molecule has 3 N–H and O–H groups in total. The summed E-state index contributed by atoms with van der Waals surface area (Å²) in [6.07, 6.45) is -0.0552. The number of sulfonamides is 1. The van der Waals surface area contributed by atoms with Crippen molar-refractivity contribution >= 4 is 15.9 Å². The fourth-order valence-electron chi connectivity index (χ4n) is 1.68. The van der Waals surface area contributed by atoms with Gasteiger partial charge in [0.15, 0.2) is 0 Å². The first-order valence-corrected chi connectivity index (χ1v) is 6.67. The minimum atomic E-state index is -3.66. The van der Waals surface area contributed by atoms with Gasteiger partial charge >= 0.3 is 0 Å². The molecule has 1 aliphatic rings. The normalized spacial score (nSPS) is 22.9. The number of nitrogens with zero attached hydrogens (tertiary/aromatic N) is 1. The monoisotopic (exact) mass is 250 g/mol. The quantitative estimate of drug-likeness (QED) is 0.661. The molecule has 0 aliphatic carbocycles. The van der Waals surface area contributed by atoms with Crippen LogP contribution in [0.4, 0.5) is 0 Å². The summed E-state index contributed by atoms with van der Waals surface area (Å²) < 4.78 is 22.2. The molecule has 1 saturated heterocycles. The number of primary sulfonamides is 1. The molecule has 0 bridgehead atoms. The van der Waals surface area contributed by atoms with E-state index in [4.69, 9.17) is 10.2 Å². The number of aliphatic hydroxyl groups is 1. The molecule has 1 aliphatic heterocycles. The Hall–Kier alpha value is -0.660. The molecule has 7 heteroatoms.